The Morgan fingerprint density at radius 3 is 2.52 bits per heavy atom. The molecule has 1 aromatic rings. The number of ether oxygens (including phenoxy) is 2. The number of methoxy groups -OCH3 is 2. The fourth-order valence-corrected chi connectivity index (χ4v) is 2.22. The Morgan fingerprint density at radius 1 is 1.29 bits per heavy atom. The summed E-state index contributed by atoms with van der Waals surface area (Å²) in [4.78, 5) is 2.30. The van der Waals surface area contributed by atoms with Gasteiger partial charge in [-0.3, -0.25) is 4.90 Å². The van der Waals surface area contributed by atoms with Crippen LogP contribution in [0.15, 0.2) is 18.2 Å². The van der Waals surface area contributed by atoms with Gasteiger partial charge < -0.3 is 19.5 Å². The minimum absolute atomic E-state index is 0.410. The molecule has 0 aliphatic heterocycles. The third-order valence-corrected chi connectivity index (χ3v) is 3.77. The fraction of sp³-hybridized carbons (Fsp3) is 0.600. The normalized spacial score (nSPS) is 12.5. The SMILES string of the molecule is CCC(C)N(CCOC)Cc1cc(B(O)O)ccc1OC. The Hall–Kier alpha value is -1.08. The Bertz CT molecular complexity index is 428. The lowest BCUT2D eigenvalue weighted by Crippen LogP contribution is -2.36. The fourth-order valence-electron chi connectivity index (χ4n) is 2.22. The Kier molecular flexibility index (Phi) is 7.74. The molecule has 1 aromatic carbocycles. The maximum Gasteiger partial charge on any atom is 0.488 e. The number of rotatable bonds is 9. The van der Waals surface area contributed by atoms with Crippen LogP contribution in [-0.2, 0) is 11.3 Å². The van der Waals surface area contributed by atoms with Gasteiger partial charge in [-0.1, -0.05) is 19.1 Å². The van der Waals surface area contributed by atoms with E-state index in [1.807, 2.05) is 0 Å². The number of hydrogen-bond donors (Lipinski definition) is 2. The molecule has 0 aliphatic rings. The third kappa shape index (κ3) is 5.32. The molecule has 1 unspecified atom stereocenters. The van der Waals surface area contributed by atoms with E-state index in [2.05, 4.69) is 18.7 Å². The first-order valence-electron chi connectivity index (χ1n) is 7.29. The van der Waals surface area contributed by atoms with Crippen molar-refractivity contribution in [3.8, 4) is 5.75 Å². The van der Waals surface area contributed by atoms with E-state index in [1.54, 1.807) is 32.4 Å². The molecule has 118 valence electrons. The first-order valence-corrected chi connectivity index (χ1v) is 7.29. The summed E-state index contributed by atoms with van der Waals surface area (Å²) in [6.07, 6.45) is 1.04. The molecular weight excluding hydrogens is 269 g/mol. The van der Waals surface area contributed by atoms with Gasteiger partial charge in [0.2, 0.25) is 0 Å². The smallest absolute Gasteiger partial charge is 0.488 e. The van der Waals surface area contributed by atoms with E-state index in [0.29, 0.717) is 24.7 Å². The Balaban J connectivity index is 2.96. The summed E-state index contributed by atoms with van der Waals surface area (Å²) in [5.74, 6) is 0.755. The first kappa shape index (κ1) is 18.0. The summed E-state index contributed by atoms with van der Waals surface area (Å²) in [6.45, 7) is 6.49. The van der Waals surface area contributed by atoms with Crippen molar-refractivity contribution in [1.82, 2.24) is 4.90 Å². The molecule has 0 bridgehead atoms. The molecule has 0 saturated heterocycles. The zero-order chi connectivity index (χ0) is 15.8. The molecule has 1 atom stereocenters. The Labute approximate surface area is 127 Å². The molecule has 0 aromatic heterocycles. The summed E-state index contributed by atoms with van der Waals surface area (Å²) in [5, 5.41) is 18.6. The maximum absolute atomic E-state index is 9.32. The first-order chi connectivity index (χ1) is 10.0. The van der Waals surface area contributed by atoms with Crippen molar-refractivity contribution in [3.05, 3.63) is 23.8 Å². The second kappa shape index (κ2) is 9.05. The van der Waals surface area contributed by atoms with E-state index >= 15 is 0 Å². The van der Waals surface area contributed by atoms with Gasteiger partial charge in [-0.2, -0.15) is 0 Å². The second-order valence-corrected chi connectivity index (χ2v) is 5.17. The number of nitrogens with zero attached hydrogens (tertiary/aromatic N) is 1. The van der Waals surface area contributed by atoms with Gasteiger partial charge in [0.25, 0.3) is 0 Å². The second-order valence-electron chi connectivity index (χ2n) is 5.17. The van der Waals surface area contributed by atoms with E-state index < -0.39 is 7.12 Å². The lowest BCUT2D eigenvalue weighted by atomic mass is 9.79. The quantitative estimate of drug-likeness (QED) is 0.654. The van der Waals surface area contributed by atoms with Gasteiger partial charge in [0.15, 0.2) is 0 Å². The number of benzene rings is 1. The summed E-state index contributed by atoms with van der Waals surface area (Å²) in [5.41, 5.74) is 1.42. The molecule has 0 amide bonds. The highest BCUT2D eigenvalue weighted by atomic mass is 16.5. The summed E-state index contributed by atoms with van der Waals surface area (Å²) < 4.78 is 10.5. The lowest BCUT2D eigenvalue weighted by molar-refractivity contribution is 0.117. The average Bonchev–Trinajstić information content (AvgIpc) is 2.50. The van der Waals surface area contributed by atoms with Gasteiger partial charge in [-0.15, -0.1) is 0 Å². The topological polar surface area (TPSA) is 62.2 Å². The minimum atomic E-state index is -1.47. The van der Waals surface area contributed by atoms with Gasteiger partial charge in [-0.05, 0) is 24.9 Å². The predicted octanol–water partition coefficient (Wildman–Crippen LogP) is 0.622. The van der Waals surface area contributed by atoms with Crippen LogP contribution in [0.1, 0.15) is 25.8 Å². The molecule has 0 heterocycles. The average molecular weight is 295 g/mol. The van der Waals surface area contributed by atoms with E-state index in [1.165, 1.54) is 0 Å². The van der Waals surface area contributed by atoms with Gasteiger partial charge in [0.05, 0.1) is 13.7 Å². The highest BCUT2D eigenvalue weighted by molar-refractivity contribution is 6.58. The van der Waals surface area contributed by atoms with E-state index in [9.17, 15) is 10.0 Å². The predicted molar refractivity (Wildman–Crippen MR) is 84.9 cm³/mol. The summed E-state index contributed by atoms with van der Waals surface area (Å²) in [6, 6.07) is 5.63. The molecule has 0 aliphatic carbocycles. The number of hydrogen-bond acceptors (Lipinski definition) is 5. The van der Waals surface area contributed by atoms with Crippen LogP contribution in [0.25, 0.3) is 0 Å². The van der Waals surface area contributed by atoms with Crippen molar-refractivity contribution < 1.29 is 19.5 Å². The monoisotopic (exact) mass is 295 g/mol. The van der Waals surface area contributed by atoms with Crippen molar-refractivity contribution in [2.45, 2.75) is 32.9 Å². The van der Waals surface area contributed by atoms with Gasteiger partial charge in [-0.25, -0.2) is 0 Å². The van der Waals surface area contributed by atoms with Crippen molar-refractivity contribution in [1.29, 1.82) is 0 Å². The standard InChI is InChI=1S/C15H26BNO4/c1-5-12(2)17(8-9-20-3)11-13-10-14(16(18)19)6-7-15(13)21-4/h6-7,10,12,18-19H,5,8-9,11H2,1-4H3. The van der Waals surface area contributed by atoms with Crippen LogP contribution < -0.4 is 10.2 Å². The zero-order valence-electron chi connectivity index (χ0n) is 13.4. The molecular formula is C15H26BNO4. The van der Waals surface area contributed by atoms with Crippen molar-refractivity contribution >= 4 is 12.6 Å². The van der Waals surface area contributed by atoms with Crippen LogP contribution in [0.2, 0.25) is 0 Å². The van der Waals surface area contributed by atoms with Crippen LogP contribution >= 0.6 is 0 Å². The lowest BCUT2D eigenvalue weighted by Gasteiger charge is -2.29. The minimum Gasteiger partial charge on any atom is -0.496 e. The van der Waals surface area contributed by atoms with Crippen molar-refractivity contribution in [2.24, 2.45) is 0 Å². The Morgan fingerprint density at radius 2 is 2.00 bits per heavy atom. The molecule has 5 nitrogen and oxygen atoms in total. The third-order valence-electron chi connectivity index (χ3n) is 3.77. The van der Waals surface area contributed by atoms with Crippen LogP contribution in [0.5, 0.6) is 5.75 Å². The largest absolute Gasteiger partial charge is 0.496 e. The molecule has 0 fully saturated rings. The van der Waals surface area contributed by atoms with Crippen LogP contribution in [0.3, 0.4) is 0 Å². The molecule has 2 N–H and O–H groups in total. The van der Waals surface area contributed by atoms with Crippen LogP contribution in [0, 0.1) is 0 Å². The van der Waals surface area contributed by atoms with Crippen LogP contribution in [0.4, 0.5) is 0 Å². The zero-order valence-corrected chi connectivity index (χ0v) is 13.4. The summed E-state index contributed by atoms with van der Waals surface area (Å²) in [7, 11) is 1.85. The van der Waals surface area contributed by atoms with Gasteiger partial charge >= 0.3 is 7.12 Å². The molecule has 6 heteroatoms. The molecule has 0 spiro atoms. The molecule has 0 saturated carbocycles. The molecule has 1 rings (SSSR count). The van der Waals surface area contributed by atoms with Gasteiger partial charge in [0.1, 0.15) is 5.75 Å². The highest BCUT2D eigenvalue weighted by Gasteiger charge is 2.18. The van der Waals surface area contributed by atoms with Crippen molar-refractivity contribution in [2.75, 3.05) is 27.4 Å². The van der Waals surface area contributed by atoms with Crippen molar-refractivity contribution in [3.63, 3.8) is 0 Å². The summed E-state index contributed by atoms with van der Waals surface area (Å²) >= 11 is 0. The van der Waals surface area contributed by atoms with Crippen LogP contribution in [-0.4, -0.2) is 55.5 Å². The molecule has 21 heavy (non-hydrogen) atoms. The van der Waals surface area contributed by atoms with E-state index in [4.69, 9.17) is 9.47 Å². The highest BCUT2D eigenvalue weighted by Crippen LogP contribution is 2.20. The van der Waals surface area contributed by atoms with E-state index in [-0.39, 0.29) is 0 Å². The molecule has 0 radical (unpaired) electrons. The van der Waals surface area contributed by atoms with E-state index in [0.717, 1.165) is 24.3 Å². The van der Waals surface area contributed by atoms with Gasteiger partial charge in [0, 0.05) is 31.8 Å². The maximum atomic E-state index is 9.32.